The number of aromatic amines is 2. The molecule has 0 fully saturated rings. The Balaban J connectivity index is 1.61. The third kappa shape index (κ3) is 2.31. The van der Waals surface area contributed by atoms with Crippen LogP contribution >= 0.6 is 0 Å². The first-order valence-electron chi connectivity index (χ1n) is 8.28. The fraction of sp³-hybridized carbons (Fsp3) is 0.0476. The van der Waals surface area contributed by atoms with Crippen molar-refractivity contribution in [1.29, 1.82) is 0 Å². The summed E-state index contributed by atoms with van der Waals surface area (Å²) in [6.45, 7) is 2.09. The van der Waals surface area contributed by atoms with Gasteiger partial charge in [0.15, 0.2) is 5.65 Å². The minimum Gasteiger partial charge on any atom is -0.361 e. The number of nitrogens with zero attached hydrogens (tertiary/aromatic N) is 2. The van der Waals surface area contributed by atoms with Crippen molar-refractivity contribution in [1.82, 2.24) is 20.2 Å². The number of aromatic nitrogens is 4. The highest BCUT2D eigenvalue weighted by molar-refractivity contribution is 5.92. The summed E-state index contributed by atoms with van der Waals surface area (Å²) in [7, 11) is 0. The summed E-state index contributed by atoms with van der Waals surface area (Å²) in [5.74, 6) is 0. The second-order valence-corrected chi connectivity index (χ2v) is 6.31. The quantitative estimate of drug-likeness (QED) is 0.475. The van der Waals surface area contributed by atoms with Crippen LogP contribution in [0.3, 0.4) is 0 Å². The molecule has 0 unspecified atom stereocenters. The van der Waals surface area contributed by atoms with Gasteiger partial charge in [0, 0.05) is 28.2 Å². The molecule has 0 aliphatic heterocycles. The maximum atomic E-state index is 4.74. The standard InChI is InChI=1S/C21H16N4/c1-13-2-4-15(5-3-13)20-17-8-9-18(23-21(17)25-24-20)16-7-6-14-10-11-22-19(14)12-16/h2-12,22H,1H3,(H,23,24,25). The summed E-state index contributed by atoms with van der Waals surface area (Å²) >= 11 is 0. The highest BCUT2D eigenvalue weighted by Crippen LogP contribution is 2.29. The van der Waals surface area contributed by atoms with Crippen molar-refractivity contribution < 1.29 is 0 Å². The molecule has 0 saturated heterocycles. The fourth-order valence-corrected chi connectivity index (χ4v) is 3.21. The number of pyridine rings is 1. The van der Waals surface area contributed by atoms with Crippen molar-refractivity contribution in [2.45, 2.75) is 6.92 Å². The van der Waals surface area contributed by atoms with Crippen LogP contribution in [0.4, 0.5) is 0 Å². The Morgan fingerprint density at radius 2 is 1.68 bits per heavy atom. The maximum absolute atomic E-state index is 4.74. The molecule has 2 N–H and O–H groups in total. The van der Waals surface area contributed by atoms with Crippen LogP contribution in [0.5, 0.6) is 0 Å². The average molecular weight is 324 g/mol. The lowest BCUT2D eigenvalue weighted by molar-refractivity contribution is 1.10. The summed E-state index contributed by atoms with van der Waals surface area (Å²) in [5.41, 5.74) is 7.22. The van der Waals surface area contributed by atoms with E-state index in [1.807, 2.05) is 6.20 Å². The SMILES string of the molecule is Cc1ccc(-c2[nH]nc3nc(-c4ccc5cc[nH]c5c4)ccc23)cc1. The molecule has 0 aliphatic rings. The van der Waals surface area contributed by atoms with Crippen LogP contribution in [-0.2, 0) is 0 Å². The van der Waals surface area contributed by atoms with E-state index >= 15 is 0 Å². The van der Waals surface area contributed by atoms with Gasteiger partial charge in [-0.05, 0) is 36.6 Å². The second kappa shape index (κ2) is 5.31. The maximum Gasteiger partial charge on any atom is 0.182 e. The summed E-state index contributed by atoms with van der Waals surface area (Å²) in [4.78, 5) is 7.99. The van der Waals surface area contributed by atoms with E-state index in [0.29, 0.717) is 0 Å². The van der Waals surface area contributed by atoms with Gasteiger partial charge in [-0.1, -0.05) is 42.0 Å². The normalized spacial score (nSPS) is 11.4. The average Bonchev–Trinajstić information content (AvgIpc) is 3.28. The van der Waals surface area contributed by atoms with Gasteiger partial charge >= 0.3 is 0 Å². The number of benzene rings is 2. The van der Waals surface area contributed by atoms with E-state index in [2.05, 4.69) is 82.8 Å². The molecule has 5 aromatic rings. The first kappa shape index (κ1) is 14.0. The van der Waals surface area contributed by atoms with Crippen LogP contribution in [0.1, 0.15) is 5.56 Å². The molecule has 25 heavy (non-hydrogen) atoms. The number of aryl methyl sites for hydroxylation is 1. The molecule has 0 spiro atoms. The zero-order chi connectivity index (χ0) is 16.8. The minimum atomic E-state index is 0.736. The predicted octanol–water partition coefficient (Wildman–Crippen LogP) is 5.08. The van der Waals surface area contributed by atoms with E-state index in [9.17, 15) is 0 Å². The smallest absolute Gasteiger partial charge is 0.182 e. The van der Waals surface area contributed by atoms with Gasteiger partial charge in [0.2, 0.25) is 0 Å². The van der Waals surface area contributed by atoms with Gasteiger partial charge in [-0.2, -0.15) is 5.10 Å². The lowest BCUT2D eigenvalue weighted by Gasteiger charge is -2.03. The number of rotatable bonds is 2. The molecule has 4 heteroatoms. The first-order valence-corrected chi connectivity index (χ1v) is 8.28. The molecule has 0 atom stereocenters. The van der Waals surface area contributed by atoms with E-state index in [-0.39, 0.29) is 0 Å². The Hall–Kier alpha value is -3.40. The molecule has 3 aromatic heterocycles. The molecule has 0 aliphatic carbocycles. The molecular formula is C21H16N4. The summed E-state index contributed by atoms with van der Waals surface area (Å²) in [6.07, 6.45) is 1.95. The molecule has 3 heterocycles. The van der Waals surface area contributed by atoms with E-state index < -0.39 is 0 Å². The van der Waals surface area contributed by atoms with Crippen LogP contribution in [0.2, 0.25) is 0 Å². The molecule has 5 rings (SSSR count). The van der Waals surface area contributed by atoms with Crippen LogP contribution in [0, 0.1) is 6.92 Å². The summed E-state index contributed by atoms with van der Waals surface area (Å²) < 4.78 is 0. The van der Waals surface area contributed by atoms with Crippen molar-refractivity contribution in [3.05, 3.63) is 72.4 Å². The second-order valence-electron chi connectivity index (χ2n) is 6.31. The van der Waals surface area contributed by atoms with Crippen molar-refractivity contribution in [3.63, 3.8) is 0 Å². The van der Waals surface area contributed by atoms with Crippen LogP contribution in [0.25, 0.3) is 44.5 Å². The van der Waals surface area contributed by atoms with Gasteiger partial charge in [0.1, 0.15) is 0 Å². The van der Waals surface area contributed by atoms with Crippen LogP contribution in [-0.4, -0.2) is 20.2 Å². The van der Waals surface area contributed by atoms with E-state index in [0.717, 1.165) is 39.1 Å². The third-order valence-electron chi connectivity index (χ3n) is 4.61. The molecule has 0 amide bonds. The molecule has 0 saturated carbocycles. The molecule has 0 radical (unpaired) electrons. The summed E-state index contributed by atoms with van der Waals surface area (Å²) in [6, 6.07) is 21.0. The number of hydrogen-bond donors (Lipinski definition) is 2. The highest BCUT2D eigenvalue weighted by atomic mass is 15.1. The third-order valence-corrected chi connectivity index (χ3v) is 4.61. The van der Waals surface area contributed by atoms with E-state index in [1.165, 1.54) is 10.9 Å². The van der Waals surface area contributed by atoms with E-state index in [1.54, 1.807) is 0 Å². The van der Waals surface area contributed by atoms with Gasteiger partial charge in [-0.25, -0.2) is 4.98 Å². The first-order chi connectivity index (χ1) is 12.3. The predicted molar refractivity (Wildman–Crippen MR) is 101 cm³/mol. The van der Waals surface area contributed by atoms with Crippen molar-refractivity contribution in [3.8, 4) is 22.5 Å². The van der Waals surface area contributed by atoms with E-state index in [4.69, 9.17) is 4.98 Å². The lowest BCUT2D eigenvalue weighted by atomic mass is 10.1. The number of fused-ring (bicyclic) bond motifs is 2. The zero-order valence-corrected chi connectivity index (χ0v) is 13.7. The van der Waals surface area contributed by atoms with Crippen molar-refractivity contribution in [2.24, 2.45) is 0 Å². The largest absolute Gasteiger partial charge is 0.361 e. The Morgan fingerprint density at radius 1 is 0.840 bits per heavy atom. The number of hydrogen-bond acceptors (Lipinski definition) is 2. The number of H-pyrrole nitrogens is 2. The molecular weight excluding hydrogens is 308 g/mol. The molecule has 2 aromatic carbocycles. The Kier molecular flexibility index (Phi) is 2.97. The highest BCUT2D eigenvalue weighted by Gasteiger charge is 2.10. The Bertz CT molecular complexity index is 1200. The van der Waals surface area contributed by atoms with Crippen molar-refractivity contribution in [2.75, 3.05) is 0 Å². The van der Waals surface area contributed by atoms with Gasteiger partial charge in [-0.15, -0.1) is 0 Å². The number of nitrogens with one attached hydrogen (secondary N) is 2. The van der Waals surface area contributed by atoms with Gasteiger partial charge in [-0.3, -0.25) is 5.10 Å². The Morgan fingerprint density at radius 3 is 2.56 bits per heavy atom. The summed E-state index contributed by atoms with van der Waals surface area (Å²) in [5, 5.41) is 9.78. The fourth-order valence-electron chi connectivity index (χ4n) is 3.21. The molecule has 120 valence electrons. The Labute approximate surface area is 144 Å². The van der Waals surface area contributed by atoms with Crippen LogP contribution in [0.15, 0.2) is 66.9 Å². The zero-order valence-electron chi connectivity index (χ0n) is 13.7. The van der Waals surface area contributed by atoms with Crippen molar-refractivity contribution >= 4 is 21.9 Å². The lowest BCUT2D eigenvalue weighted by Crippen LogP contribution is -1.85. The van der Waals surface area contributed by atoms with Crippen LogP contribution < -0.4 is 0 Å². The molecule has 0 bridgehead atoms. The topological polar surface area (TPSA) is 57.4 Å². The molecule has 4 nitrogen and oxygen atoms in total. The van der Waals surface area contributed by atoms with Gasteiger partial charge in [0.05, 0.1) is 11.4 Å². The minimum absolute atomic E-state index is 0.736. The van der Waals surface area contributed by atoms with Gasteiger partial charge in [0.25, 0.3) is 0 Å². The monoisotopic (exact) mass is 324 g/mol. The van der Waals surface area contributed by atoms with Gasteiger partial charge < -0.3 is 4.98 Å².